The first-order valence-electron chi connectivity index (χ1n) is 3.95. The van der Waals surface area contributed by atoms with Crippen LogP contribution in [0.4, 0.5) is 0 Å². The van der Waals surface area contributed by atoms with Gasteiger partial charge in [0.15, 0.2) is 0 Å². The predicted molar refractivity (Wildman–Crippen MR) is 42.5 cm³/mol. The fraction of sp³-hybridized carbons (Fsp3) is 0.875. The number of carbonyl (C=O) groups excluding carboxylic acids is 1. The first kappa shape index (κ1) is 8.68. The van der Waals surface area contributed by atoms with Crippen LogP contribution in [0, 0.1) is 5.92 Å². The summed E-state index contributed by atoms with van der Waals surface area (Å²) < 4.78 is 4.92. The molecule has 0 radical (unpaired) electrons. The zero-order valence-corrected chi connectivity index (χ0v) is 7.17. The summed E-state index contributed by atoms with van der Waals surface area (Å²) in [6, 6.07) is 0. The predicted octanol–water partition coefficient (Wildman–Crippen LogP) is 0.154. The van der Waals surface area contributed by atoms with Crippen molar-refractivity contribution in [1.82, 2.24) is 4.90 Å². The highest BCUT2D eigenvalue weighted by molar-refractivity contribution is 5.79. The van der Waals surface area contributed by atoms with Crippen LogP contribution < -0.4 is 0 Å². The third kappa shape index (κ3) is 2.27. The summed E-state index contributed by atoms with van der Waals surface area (Å²) in [7, 11) is 1.70. The lowest BCUT2D eigenvalue weighted by Crippen LogP contribution is -2.50. The number of hydrogen-bond donors (Lipinski definition) is 0. The molecule has 1 rings (SSSR count). The monoisotopic (exact) mass is 157 g/mol. The molecule has 64 valence electrons. The molecule has 0 aliphatic carbocycles. The van der Waals surface area contributed by atoms with Crippen molar-refractivity contribution >= 4 is 5.78 Å². The third-order valence-electron chi connectivity index (χ3n) is 2.14. The number of nitrogens with zero attached hydrogens (tertiary/aromatic N) is 1. The van der Waals surface area contributed by atoms with Gasteiger partial charge in [-0.3, -0.25) is 9.69 Å². The van der Waals surface area contributed by atoms with Crippen molar-refractivity contribution in [2.75, 3.05) is 33.4 Å². The van der Waals surface area contributed by atoms with Crippen LogP contribution in [0.2, 0.25) is 0 Å². The average molecular weight is 157 g/mol. The summed E-state index contributed by atoms with van der Waals surface area (Å²) in [6.07, 6.45) is 0. The number of ether oxygens (including phenoxy) is 1. The maximum absolute atomic E-state index is 10.8. The van der Waals surface area contributed by atoms with Gasteiger partial charge in [-0.05, 0) is 6.92 Å². The van der Waals surface area contributed by atoms with E-state index in [9.17, 15) is 4.79 Å². The molecule has 0 amide bonds. The Morgan fingerprint density at radius 2 is 2.27 bits per heavy atom. The largest absolute Gasteiger partial charge is 0.383 e. The summed E-state index contributed by atoms with van der Waals surface area (Å²) >= 11 is 0. The molecule has 1 aliphatic heterocycles. The van der Waals surface area contributed by atoms with Gasteiger partial charge in [-0.25, -0.2) is 0 Å². The van der Waals surface area contributed by atoms with Crippen molar-refractivity contribution in [1.29, 1.82) is 0 Å². The van der Waals surface area contributed by atoms with Crippen LogP contribution >= 0.6 is 0 Å². The fourth-order valence-corrected chi connectivity index (χ4v) is 1.23. The maximum atomic E-state index is 10.8. The Bertz CT molecular complexity index is 141. The topological polar surface area (TPSA) is 29.5 Å². The zero-order chi connectivity index (χ0) is 8.27. The second kappa shape index (κ2) is 3.83. The Kier molecular flexibility index (Phi) is 3.02. The molecule has 0 atom stereocenters. The second-order valence-corrected chi connectivity index (χ2v) is 3.06. The van der Waals surface area contributed by atoms with E-state index < -0.39 is 0 Å². The highest BCUT2D eigenvalue weighted by atomic mass is 16.5. The number of likely N-dealkylation sites (tertiary alicyclic amines) is 1. The second-order valence-electron chi connectivity index (χ2n) is 3.06. The van der Waals surface area contributed by atoms with Crippen molar-refractivity contribution in [2.45, 2.75) is 6.92 Å². The molecule has 0 aromatic rings. The molecule has 3 nitrogen and oxygen atoms in total. The summed E-state index contributed by atoms with van der Waals surface area (Å²) in [5.74, 6) is 0.616. The first-order chi connectivity index (χ1) is 5.24. The number of carbonyl (C=O) groups is 1. The van der Waals surface area contributed by atoms with E-state index in [4.69, 9.17) is 4.74 Å². The molecule has 1 fully saturated rings. The van der Waals surface area contributed by atoms with Gasteiger partial charge in [-0.15, -0.1) is 0 Å². The van der Waals surface area contributed by atoms with E-state index in [1.807, 2.05) is 0 Å². The first-order valence-corrected chi connectivity index (χ1v) is 3.95. The van der Waals surface area contributed by atoms with E-state index in [1.165, 1.54) is 0 Å². The van der Waals surface area contributed by atoms with E-state index in [0.717, 1.165) is 26.2 Å². The molecule has 1 aliphatic rings. The van der Waals surface area contributed by atoms with Crippen LogP contribution in [-0.4, -0.2) is 44.0 Å². The van der Waals surface area contributed by atoms with Gasteiger partial charge in [0, 0.05) is 32.7 Å². The molecule has 0 N–H and O–H groups in total. The summed E-state index contributed by atoms with van der Waals surface area (Å²) in [5, 5.41) is 0. The van der Waals surface area contributed by atoms with Crippen LogP contribution in [0.15, 0.2) is 0 Å². The molecule has 0 saturated carbocycles. The SMILES string of the molecule is COCCN1CC(C(C)=O)C1. The maximum Gasteiger partial charge on any atom is 0.135 e. The summed E-state index contributed by atoms with van der Waals surface area (Å²) in [4.78, 5) is 13.0. The van der Waals surface area contributed by atoms with Crippen molar-refractivity contribution in [3.8, 4) is 0 Å². The number of methoxy groups -OCH3 is 1. The van der Waals surface area contributed by atoms with Crippen LogP contribution in [0.5, 0.6) is 0 Å². The fourth-order valence-electron chi connectivity index (χ4n) is 1.23. The Balaban J connectivity index is 2.05. The van der Waals surface area contributed by atoms with Crippen LogP contribution in [0.3, 0.4) is 0 Å². The standard InChI is InChI=1S/C8H15NO2/c1-7(10)8-5-9(6-8)3-4-11-2/h8H,3-6H2,1-2H3. The lowest BCUT2D eigenvalue weighted by Gasteiger charge is -2.37. The molecule has 0 unspecified atom stereocenters. The molecular formula is C8H15NO2. The van der Waals surface area contributed by atoms with Crippen LogP contribution in [-0.2, 0) is 9.53 Å². The lowest BCUT2D eigenvalue weighted by atomic mass is 9.96. The van der Waals surface area contributed by atoms with Gasteiger partial charge in [0.05, 0.1) is 6.61 Å². The van der Waals surface area contributed by atoms with E-state index >= 15 is 0 Å². The van der Waals surface area contributed by atoms with Crippen molar-refractivity contribution in [2.24, 2.45) is 5.92 Å². The third-order valence-corrected chi connectivity index (χ3v) is 2.14. The minimum atomic E-state index is 0.298. The summed E-state index contributed by atoms with van der Waals surface area (Å²) in [5.41, 5.74) is 0. The van der Waals surface area contributed by atoms with Crippen molar-refractivity contribution in [3.63, 3.8) is 0 Å². The number of hydrogen-bond acceptors (Lipinski definition) is 3. The molecular weight excluding hydrogens is 142 g/mol. The zero-order valence-electron chi connectivity index (χ0n) is 7.17. The molecule has 0 bridgehead atoms. The number of rotatable bonds is 4. The van der Waals surface area contributed by atoms with Gasteiger partial charge in [0.25, 0.3) is 0 Å². The molecule has 0 aromatic heterocycles. The molecule has 1 saturated heterocycles. The van der Waals surface area contributed by atoms with Gasteiger partial charge < -0.3 is 4.74 Å². The quantitative estimate of drug-likeness (QED) is 0.582. The molecule has 0 spiro atoms. The van der Waals surface area contributed by atoms with Gasteiger partial charge in [-0.2, -0.15) is 0 Å². The Hall–Kier alpha value is -0.410. The number of Topliss-reactive ketones (excluding diaryl/α,β-unsaturated/α-hetero) is 1. The highest BCUT2D eigenvalue weighted by Crippen LogP contribution is 2.14. The van der Waals surface area contributed by atoms with E-state index in [1.54, 1.807) is 14.0 Å². The minimum Gasteiger partial charge on any atom is -0.383 e. The van der Waals surface area contributed by atoms with E-state index in [2.05, 4.69) is 4.90 Å². The van der Waals surface area contributed by atoms with Crippen molar-refractivity contribution in [3.05, 3.63) is 0 Å². The minimum absolute atomic E-state index is 0.298. The Morgan fingerprint density at radius 1 is 1.64 bits per heavy atom. The Morgan fingerprint density at radius 3 is 2.73 bits per heavy atom. The summed E-state index contributed by atoms with van der Waals surface area (Å²) in [6.45, 7) is 5.25. The molecule has 1 heterocycles. The lowest BCUT2D eigenvalue weighted by molar-refractivity contribution is -0.126. The van der Waals surface area contributed by atoms with Gasteiger partial charge in [0.2, 0.25) is 0 Å². The molecule has 11 heavy (non-hydrogen) atoms. The average Bonchev–Trinajstić information content (AvgIpc) is 1.84. The van der Waals surface area contributed by atoms with E-state index in [-0.39, 0.29) is 0 Å². The Labute approximate surface area is 67.3 Å². The van der Waals surface area contributed by atoms with Crippen molar-refractivity contribution < 1.29 is 9.53 Å². The van der Waals surface area contributed by atoms with Gasteiger partial charge >= 0.3 is 0 Å². The van der Waals surface area contributed by atoms with Gasteiger partial charge in [0.1, 0.15) is 5.78 Å². The van der Waals surface area contributed by atoms with Crippen LogP contribution in [0.1, 0.15) is 6.92 Å². The smallest absolute Gasteiger partial charge is 0.135 e. The number of ketones is 1. The van der Waals surface area contributed by atoms with Crippen LogP contribution in [0.25, 0.3) is 0 Å². The van der Waals surface area contributed by atoms with Gasteiger partial charge in [-0.1, -0.05) is 0 Å². The normalized spacial score (nSPS) is 19.8. The molecule has 3 heteroatoms. The highest BCUT2D eigenvalue weighted by Gasteiger charge is 2.29. The van der Waals surface area contributed by atoms with E-state index in [0.29, 0.717) is 11.7 Å². The molecule has 0 aromatic carbocycles.